The summed E-state index contributed by atoms with van der Waals surface area (Å²) in [5.74, 6) is 2.01. The van der Waals surface area contributed by atoms with Crippen LogP contribution in [0.1, 0.15) is 39.3 Å². The van der Waals surface area contributed by atoms with E-state index in [4.69, 9.17) is 4.42 Å². The van der Waals surface area contributed by atoms with E-state index in [1.54, 1.807) is 42.3 Å². The largest absolute Gasteiger partial charge is 0.444 e. The van der Waals surface area contributed by atoms with Crippen LogP contribution >= 0.6 is 11.8 Å². The number of hydrogen-bond donors (Lipinski definition) is 0. The molecule has 0 radical (unpaired) electrons. The van der Waals surface area contributed by atoms with Gasteiger partial charge in [0.2, 0.25) is 5.89 Å². The summed E-state index contributed by atoms with van der Waals surface area (Å²) in [7, 11) is 0. The van der Waals surface area contributed by atoms with Crippen molar-refractivity contribution in [3.8, 4) is 11.5 Å². The highest BCUT2D eigenvalue weighted by molar-refractivity contribution is 7.98. The molecule has 2 heterocycles. The maximum absolute atomic E-state index is 12.3. The van der Waals surface area contributed by atoms with Gasteiger partial charge in [-0.05, 0) is 42.9 Å². The van der Waals surface area contributed by atoms with Gasteiger partial charge in [-0.15, -0.1) is 0 Å². The molecule has 0 atom stereocenters. The number of nitrogens with zero attached hydrogens (tertiary/aromatic N) is 2. The molecule has 1 aliphatic rings. The Bertz CT molecular complexity index is 949. The molecule has 0 aliphatic carbocycles. The summed E-state index contributed by atoms with van der Waals surface area (Å²) in [5.41, 5.74) is 2.92. The number of benzene rings is 2. The average molecular weight is 392 g/mol. The molecule has 0 saturated heterocycles. The number of amides is 2. The lowest BCUT2D eigenvalue weighted by molar-refractivity contribution is 0.0652. The first kappa shape index (κ1) is 18.5. The Balaban J connectivity index is 1.19. The van der Waals surface area contributed by atoms with Crippen LogP contribution < -0.4 is 0 Å². The van der Waals surface area contributed by atoms with E-state index < -0.39 is 0 Å². The number of aromatic nitrogens is 1. The third-order valence-corrected chi connectivity index (χ3v) is 5.70. The minimum atomic E-state index is -0.177. The van der Waals surface area contributed by atoms with Crippen LogP contribution in [0.3, 0.4) is 0 Å². The first-order chi connectivity index (χ1) is 13.7. The molecule has 1 aliphatic heterocycles. The molecule has 2 aromatic carbocycles. The van der Waals surface area contributed by atoms with Crippen LogP contribution in [-0.2, 0) is 5.75 Å². The van der Waals surface area contributed by atoms with Crippen LogP contribution in [0.15, 0.2) is 65.3 Å². The van der Waals surface area contributed by atoms with Gasteiger partial charge in [-0.1, -0.05) is 30.3 Å². The summed E-state index contributed by atoms with van der Waals surface area (Å²) in [5, 5.41) is 0. The third kappa shape index (κ3) is 3.87. The van der Waals surface area contributed by atoms with Crippen LogP contribution in [0.25, 0.3) is 11.5 Å². The first-order valence-electron chi connectivity index (χ1n) is 9.27. The Morgan fingerprint density at radius 3 is 2.29 bits per heavy atom. The summed E-state index contributed by atoms with van der Waals surface area (Å²) >= 11 is 1.78. The lowest BCUT2D eigenvalue weighted by Crippen LogP contribution is -2.30. The highest BCUT2D eigenvalue weighted by Gasteiger charge is 2.34. The highest BCUT2D eigenvalue weighted by atomic mass is 32.2. The van der Waals surface area contributed by atoms with Crippen molar-refractivity contribution in [2.24, 2.45) is 0 Å². The highest BCUT2D eigenvalue weighted by Crippen LogP contribution is 2.23. The van der Waals surface area contributed by atoms with Gasteiger partial charge in [0.1, 0.15) is 6.26 Å². The maximum atomic E-state index is 12.3. The summed E-state index contributed by atoms with van der Waals surface area (Å²) < 4.78 is 5.54. The Morgan fingerprint density at radius 2 is 1.57 bits per heavy atom. The predicted octanol–water partition coefficient (Wildman–Crippen LogP) is 4.65. The molecule has 0 unspecified atom stereocenters. The monoisotopic (exact) mass is 392 g/mol. The molecule has 3 aromatic rings. The SMILES string of the molecule is O=C1c2ccccc2C(=O)N1CCCCSCc1coc(-c2ccccc2)n1. The van der Waals surface area contributed by atoms with Gasteiger partial charge in [0.15, 0.2) is 0 Å². The predicted molar refractivity (Wildman–Crippen MR) is 109 cm³/mol. The van der Waals surface area contributed by atoms with E-state index in [0.717, 1.165) is 35.6 Å². The van der Waals surface area contributed by atoms with E-state index in [0.29, 0.717) is 23.6 Å². The molecule has 0 bridgehead atoms. The zero-order valence-electron chi connectivity index (χ0n) is 15.3. The minimum Gasteiger partial charge on any atom is -0.444 e. The molecule has 1 aromatic heterocycles. The van der Waals surface area contributed by atoms with Crippen molar-refractivity contribution in [2.45, 2.75) is 18.6 Å². The second-order valence-corrected chi connectivity index (χ2v) is 7.68. The van der Waals surface area contributed by atoms with Gasteiger partial charge in [0, 0.05) is 17.9 Å². The number of carbonyl (C=O) groups excluding carboxylic acids is 2. The number of carbonyl (C=O) groups is 2. The molecule has 0 fully saturated rings. The average Bonchev–Trinajstić information content (AvgIpc) is 3.30. The van der Waals surface area contributed by atoms with E-state index in [1.165, 1.54) is 4.90 Å². The molecule has 2 amide bonds. The fraction of sp³-hybridized carbons (Fsp3) is 0.227. The van der Waals surface area contributed by atoms with Crippen LogP contribution in [0.4, 0.5) is 0 Å². The van der Waals surface area contributed by atoms with Gasteiger partial charge >= 0.3 is 0 Å². The number of fused-ring (bicyclic) bond motifs is 1. The van der Waals surface area contributed by atoms with Gasteiger partial charge < -0.3 is 4.42 Å². The number of imide groups is 1. The Hall–Kier alpha value is -2.86. The van der Waals surface area contributed by atoms with Crippen LogP contribution in [0.2, 0.25) is 0 Å². The number of rotatable bonds is 8. The van der Waals surface area contributed by atoms with E-state index >= 15 is 0 Å². The van der Waals surface area contributed by atoms with E-state index in [-0.39, 0.29) is 11.8 Å². The molecule has 4 rings (SSSR count). The second kappa shape index (κ2) is 8.44. The zero-order valence-corrected chi connectivity index (χ0v) is 16.2. The van der Waals surface area contributed by atoms with Crippen molar-refractivity contribution >= 4 is 23.6 Å². The molecule has 28 heavy (non-hydrogen) atoms. The van der Waals surface area contributed by atoms with Crippen molar-refractivity contribution in [2.75, 3.05) is 12.3 Å². The molecule has 6 heteroatoms. The van der Waals surface area contributed by atoms with E-state index in [1.807, 2.05) is 30.3 Å². The summed E-state index contributed by atoms with van der Waals surface area (Å²) in [6, 6.07) is 16.8. The van der Waals surface area contributed by atoms with Crippen molar-refractivity contribution in [3.63, 3.8) is 0 Å². The number of unbranched alkanes of at least 4 members (excludes halogenated alkanes) is 1. The number of thioether (sulfide) groups is 1. The van der Waals surface area contributed by atoms with Crippen molar-refractivity contribution < 1.29 is 14.0 Å². The van der Waals surface area contributed by atoms with Crippen LogP contribution in [-0.4, -0.2) is 34.0 Å². The molecule has 0 saturated carbocycles. The summed E-state index contributed by atoms with van der Waals surface area (Å²) in [6.07, 6.45) is 3.43. The molecule has 0 spiro atoms. The molecule has 0 N–H and O–H groups in total. The third-order valence-electron chi connectivity index (χ3n) is 4.62. The molecule has 5 nitrogen and oxygen atoms in total. The summed E-state index contributed by atoms with van der Waals surface area (Å²) in [4.78, 5) is 30.5. The smallest absolute Gasteiger partial charge is 0.261 e. The van der Waals surface area contributed by atoms with Gasteiger partial charge in [-0.3, -0.25) is 14.5 Å². The normalized spacial score (nSPS) is 13.2. The molecular formula is C22H20N2O3S. The second-order valence-electron chi connectivity index (χ2n) is 6.58. The van der Waals surface area contributed by atoms with Crippen LogP contribution in [0.5, 0.6) is 0 Å². The van der Waals surface area contributed by atoms with Crippen molar-refractivity contribution in [3.05, 3.63) is 77.7 Å². The topological polar surface area (TPSA) is 63.4 Å². The molecule has 142 valence electrons. The standard InChI is InChI=1S/C22H20N2O3S/c25-21-18-10-4-5-11-19(18)22(26)24(21)12-6-7-13-28-15-17-14-27-20(23-17)16-8-2-1-3-9-16/h1-5,8-11,14H,6-7,12-13,15H2. The van der Waals surface area contributed by atoms with Gasteiger partial charge in [0.25, 0.3) is 11.8 Å². The lowest BCUT2D eigenvalue weighted by atomic mass is 10.1. The lowest BCUT2D eigenvalue weighted by Gasteiger charge is -2.13. The summed E-state index contributed by atoms with van der Waals surface area (Å²) in [6.45, 7) is 0.467. The Morgan fingerprint density at radius 1 is 0.893 bits per heavy atom. The van der Waals surface area contributed by atoms with E-state index in [2.05, 4.69) is 4.98 Å². The maximum Gasteiger partial charge on any atom is 0.261 e. The van der Waals surface area contributed by atoms with Crippen molar-refractivity contribution in [1.29, 1.82) is 0 Å². The van der Waals surface area contributed by atoms with E-state index in [9.17, 15) is 9.59 Å². The first-order valence-corrected chi connectivity index (χ1v) is 10.4. The Labute approximate surface area is 167 Å². The fourth-order valence-electron chi connectivity index (χ4n) is 3.18. The quantitative estimate of drug-likeness (QED) is 0.412. The molecular weight excluding hydrogens is 372 g/mol. The van der Waals surface area contributed by atoms with Gasteiger partial charge in [0.05, 0.1) is 16.8 Å². The van der Waals surface area contributed by atoms with Gasteiger partial charge in [-0.2, -0.15) is 11.8 Å². The number of hydrogen-bond acceptors (Lipinski definition) is 5. The van der Waals surface area contributed by atoms with Crippen molar-refractivity contribution in [1.82, 2.24) is 9.88 Å². The fourth-order valence-corrected chi connectivity index (χ4v) is 4.07. The minimum absolute atomic E-state index is 0.177. The van der Waals surface area contributed by atoms with Crippen LogP contribution in [0, 0.1) is 0 Å². The van der Waals surface area contributed by atoms with Gasteiger partial charge in [-0.25, -0.2) is 4.98 Å². The zero-order chi connectivity index (χ0) is 19.3. The number of oxazole rings is 1. The Kier molecular flexibility index (Phi) is 5.58.